The lowest BCUT2D eigenvalue weighted by Gasteiger charge is -2.06. The van der Waals surface area contributed by atoms with Crippen molar-refractivity contribution >= 4 is 33.2 Å². The normalized spacial score (nSPS) is 13.7. The first kappa shape index (κ1) is 12.2. The fourth-order valence-electron chi connectivity index (χ4n) is 2.44. The van der Waals surface area contributed by atoms with Gasteiger partial charge in [-0.3, -0.25) is 4.98 Å². The largest absolute Gasteiger partial charge is 0.324 e. The highest BCUT2D eigenvalue weighted by Gasteiger charge is 2.16. The molecule has 0 amide bonds. The smallest absolute Gasteiger partial charge is 0.147 e. The first-order valence-electron chi connectivity index (χ1n) is 5.90. The van der Waals surface area contributed by atoms with Crippen molar-refractivity contribution in [3.05, 3.63) is 56.3 Å². The van der Waals surface area contributed by atoms with Crippen LogP contribution in [0.1, 0.15) is 22.4 Å². The second kappa shape index (κ2) is 4.65. The maximum atomic E-state index is 6.15. The van der Waals surface area contributed by atoms with Gasteiger partial charge in [-0.25, -0.2) is 0 Å². The number of aromatic nitrogens is 1. The quantitative estimate of drug-likeness (QED) is 0.795. The van der Waals surface area contributed by atoms with Gasteiger partial charge in [-0.05, 0) is 57.6 Å². The van der Waals surface area contributed by atoms with Gasteiger partial charge in [0.1, 0.15) is 10.7 Å². The summed E-state index contributed by atoms with van der Waals surface area (Å²) < 4.78 is 1.04. The van der Waals surface area contributed by atoms with Crippen molar-refractivity contribution in [2.75, 3.05) is 0 Å². The Hall–Kier alpha value is -0.900. The maximum Gasteiger partial charge on any atom is 0.147 e. The molecule has 1 aromatic carbocycles. The third-order valence-corrected chi connectivity index (χ3v) is 4.20. The van der Waals surface area contributed by atoms with Gasteiger partial charge in [-0.2, -0.15) is 0 Å². The van der Waals surface area contributed by atoms with Crippen LogP contribution < -0.4 is 5.73 Å². The average Bonchev–Trinajstić information content (AvgIpc) is 2.50. The molecule has 1 heterocycles. The van der Waals surface area contributed by atoms with Gasteiger partial charge in [-0.1, -0.05) is 11.6 Å². The predicted molar refractivity (Wildman–Crippen MR) is 76.2 cm³/mol. The van der Waals surface area contributed by atoms with E-state index in [1.54, 1.807) is 0 Å². The van der Waals surface area contributed by atoms with E-state index in [2.05, 4.69) is 44.8 Å². The molecule has 0 radical (unpaired) electrons. The van der Waals surface area contributed by atoms with Gasteiger partial charge >= 0.3 is 0 Å². The van der Waals surface area contributed by atoms with Crippen LogP contribution >= 0.6 is 27.5 Å². The summed E-state index contributed by atoms with van der Waals surface area (Å²) in [5, 5.41) is 0.758. The minimum absolute atomic E-state index is 0.758. The summed E-state index contributed by atoms with van der Waals surface area (Å²) in [6.45, 7) is 0. The van der Waals surface area contributed by atoms with E-state index in [0.717, 1.165) is 34.4 Å². The summed E-state index contributed by atoms with van der Waals surface area (Å²) in [6, 6.07) is 6.32. The Kier molecular flexibility index (Phi) is 3.14. The van der Waals surface area contributed by atoms with Crippen molar-refractivity contribution in [2.45, 2.75) is 19.3 Å². The summed E-state index contributed by atoms with van der Waals surface area (Å²) in [5.41, 5.74) is 9.98. The molecule has 2 nitrogen and oxygen atoms in total. The molecule has 0 atom stereocenters. The summed E-state index contributed by atoms with van der Waals surface area (Å²) in [7, 11) is 0. The van der Waals surface area contributed by atoms with E-state index in [-0.39, 0.29) is 0 Å². The summed E-state index contributed by atoms with van der Waals surface area (Å²) in [5.74, 6) is 0. The Bertz CT molecular complexity index is 625. The van der Waals surface area contributed by atoms with Gasteiger partial charge in [0, 0.05) is 28.9 Å². The van der Waals surface area contributed by atoms with Crippen LogP contribution in [0.5, 0.6) is 0 Å². The zero-order valence-corrected chi connectivity index (χ0v) is 12.2. The van der Waals surface area contributed by atoms with Crippen LogP contribution in [0.15, 0.2) is 28.9 Å². The second-order valence-electron chi connectivity index (χ2n) is 4.65. The van der Waals surface area contributed by atoms with Gasteiger partial charge < -0.3 is 5.73 Å². The standard InChI is InChI=1S/C14H12BrClN2/c15-11-3-9-2-1-8-4-12(16)13(17)5-10(8)6-14(9)18-7-11/h3-5,7H,1-2,6,17H2/p+1. The third kappa shape index (κ3) is 2.18. The number of benzene rings is 1. The molecule has 1 aromatic heterocycles. The topological polar surface area (TPSA) is 40.5 Å². The molecular weight excluding hydrogens is 312 g/mol. The monoisotopic (exact) mass is 323 g/mol. The SMILES string of the molecule is [NH3+]c1cc2c(cc1Cl)CCc1cc(Br)cnc1C2. The molecule has 92 valence electrons. The highest BCUT2D eigenvalue weighted by Crippen LogP contribution is 2.29. The summed E-state index contributed by atoms with van der Waals surface area (Å²) in [6.07, 6.45) is 4.77. The number of rotatable bonds is 0. The number of hydrogen-bond donors (Lipinski definition) is 1. The van der Waals surface area contributed by atoms with Crippen LogP contribution in [-0.4, -0.2) is 4.98 Å². The zero-order chi connectivity index (χ0) is 12.7. The van der Waals surface area contributed by atoms with Crippen LogP contribution in [0.2, 0.25) is 5.02 Å². The number of aryl methyl sites for hydroxylation is 2. The molecule has 2 aromatic rings. The Morgan fingerprint density at radius 2 is 1.89 bits per heavy atom. The van der Waals surface area contributed by atoms with Crippen molar-refractivity contribution in [1.29, 1.82) is 0 Å². The molecule has 0 bridgehead atoms. The van der Waals surface area contributed by atoms with Gasteiger partial charge in [0.15, 0.2) is 0 Å². The van der Waals surface area contributed by atoms with E-state index in [1.165, 1.54) is 22.4 Å². The van der Waals surface area contributed by atoms with Crippen molar-refractivity contribution in [3.8, 4) is 0 Å². The zero-order valence-electron chi connectivity index (χ0n) is 9.84. The van der Waals surface area contributed by atoms with E-state index in [0.29, 0.717) is 0 Å². The Morgan fingerprint density at radius 3 is 2.72 bits per heavy atom. The third-order valence-electron chi connectivity index (χ3n) is 3.42. The first-order chi connectivity index (χ1) is 8.63. The lowest BCUT2D eigenvalue weighted by molar-refractivity contribution is -0.254. The molecule has 4 heteroatoms. The molecule has 1 aliphatic rings. The highest BCUT2D eigenvalue weighted by atomic mass is 79.9. The Balaban J connectivity index is 2.09. The predicted octanol–water partition coefficient (Wildman–Crippen LogP) is 3.06. The van der Waals surface area contributed by atoms with Crippen molar-refractivity contribution < 1.29 is 5.73 Å². The van der Waals surface area contributed by atoms with Crippen LogP contribution in [0.25, 0.3) is 0 Å². The molecule has 0 saturated heterocycles. The summed E-state index contributed by atoms with van der Waals surface area (Å²) >= 11 is 9.63. The maximum absolute atomic E-state index is 6.15. The molecule has 18 heavy (non-hydrogen) atoms. The molecule has 3 N–H and O–H groups in total. The lowest BCUT2D eigenvalue weighted by Crippen LogP contribution is -2.40. The molecule has 3 rings (SSSR count). The van der Waals surface area contributed by atoms with Crippen LogP contribution in [0, 0.1) is 0 Å². The number of quaternary nitrogens is 1. The van der Waals surface area contributed by atoms with Gasteiger partial charge in [0.25, 0.3) is 0 Å². The number of fused-ring (bicyclic) bond motifs is 2. The fourth-order valence-corrected chi connectivity index (χ4v) is 3.01. The van der Waals surface area contributed by atoms with E-state index >= 15 is 0 Å². The minimum atomic E-state index is 0.758. The minimum Gasteiger partial charge on any atom is -0.324 e. The van der Waals surface area contributed by atoms with Gasteiger partial charge in [0.2, 0.25) is 0 Å². The van der Waals surface area contributed by atoms with Gasteiger partial charge in [0.05, 0.1) is 0 Å². The summed E-state index contributed by atoms with van der Waals surface area (Å²) in [4.78, 5) is 4.53. The van der Waals surface area contributed by atoms with E-state index in [1.807, 2.05) is 6.20 Å². The molecule has 0 fully saturated rings. The fraction of sp³-hybridized carbons (Fsp3) is 0.214. The average molecular weight is 325 g/mol. The molecule has 0 saturated carbocycles. The van der Waals surface area contributed by atoms with Crippen molar-refractivity contribution in [1.82, 2.24) is 4.98 Å². The molecular formula is C14H13BrClN2+. The number of hydrogen-bond acceptors (Lipinski definition) is 1. The highest BCUT2D eigenvalue weighted by molar-refractivity contribution is 9.10. The van der Waals surface area contributed by atoms with E-state index < -0.39 is 0 Å². The van der Waals surface area contributed by atoms with E-state index in [9.17, 15) is 0 Å². The molecule has 0 aliphatic heterocycles. The van der Waals surface area contributed by atoms with E-state index in [4.69, 9.17) is 11.6 Å². The van der Waals surface area contributed by atoms with Crippen LogP contribution in [0.4, 0.5) is 5.69 Å². The lowest BCUT2D eigenvalue weighted by atomic mass is 10.0. The molecule has 0 spiro atoms. The Morgan fingerprint density at radius 1 is 1.11 bits per heavy atom. The number of nitrogens with zero attached hydrogens (tertiary/aromatic N) is 1. The number of halogens is 2. The molecule has 1 aliphatic carbocycles. The second-order valence-corrected chi connectivity index (χ2v) is 5.97. The van der Waals surface area contributed by atoms with Crippen LogP contribution in [0.3, 0.4) is 0 Å². The van der Waals surface area contributed by atoms with Crippen molar-refractivity contribution in [3.63, 3.8) is 0 Å². The van der Waals surface area contributed by atoms with Crippen molar-refractivity contribution in [2.24, 2.45) is 0 Å². The molecule has 0 unspecified atom stereocenters. The Labute approximate surface area is 119 Å². The van der Waals surface area contributed by atoms with Gasteiger partial charge in [-0.15, -0.1) is 0 Å². The number of pyridine rings is 1. The van der Waals surface area contributed by atoms with Crippen LogP contribution in [-0.2, 0) is 19.3 Å². The first-order valence-corrected chi connectivity index (χ1v) is 7.07.